The first-order valence-corrected chi connectivity index (χ1v) is 8.48. The predicted molar refractivity (Wildman–Crippen MR) is 87.4 cm³/mol. The summed E-state index contributed by atoms with van der Waals surface area (Å²) in [6.45, 7) is 4.65. The van der Waals surface area contributed by atoms with Crippen molar-refractivity contribution < 1.29 is 9.66 Å². The normalized spacial score (nSPS) is 16.0. The summed E-state index contributed by atoms with van der Waals surface area (Å²) in [7, 11) is 0. The van der Waals surface area contributed by atoms with Crippen molar-refractivity contribution in [2.24, 2.45) is 5.92 Å². The van der Waals surface area contributed by atoms with Crippen LogP contribution in [-0.2, 0) is 0 Å². The Morgan fingerprint density at radius 1 is 1.43 bits per heavy atom. The molecule has 0 bridgehead atoms. The Hall–Kier alpha value is -1.43. The highest BCUT2D eigenvalue weighted by Gasteiger charge is 2.18. The second kappa shape index (κ2) is 7.54. The molecule has 0 spiro atoms. The molecule has 21 heavy (non-hydrogen) atoms. The molecule has 0 amide bonds. The van der Waals surface area contributed by atoms with Gasteiger partial charge in [0.15, 0.2) is 5.75 Å². The van der Waals surface area contributed by atoms with Crippen LogP contribution in [0.25, 0.3) is 0 Å². The van der Waals surface area contributed by atoms with Crippen molar-refractivity contribution in [3.05, 3.63) is 28.3 Å². The minimum absolute atomic E-state index is 0.0170. The summed E-state index contributed by atoms with van der Waals surface area (Å²) in [4.78, 5) is 10.6. The topological polar surface area (TPSA) is 64.4 Å². The highest BCUT2D eigenvalue weighted by Crippen LogP contribution is 2.31. The standard InChI is InChI=1S/C15H22N2O3S/c1-11(2)20-15-9-13(3-4-14(15)17(18)19)16-10-12-5-7-21-8-6-12/h3-4,9,11-12,16H,5-8,10H2,1-2H3. The van der Waals surface area contributed by atoms with Crippen LogP contribution in [0.1, 0.15) is 26.7 Å². The first-order chi connectivity index (χ1) is 10.1. The van der Waals surface area contributed by atoms with Gasteiger partial charge in [-0.15, -0.1) is 0 Å². The van der Waals surface area contributed by atoms with E-state index in [1.54, 1.807) is 12.1 Å². The van der Waals surface area contributed by atoms with Gasteiger partial charge in [0.25, 0.3) is 0 Å². The number of nitro benzene ring substituents is 1. The zero-order chi connectivity index (χ0) is 15.2. The zero-order valence-corrected chi connectivity index (χ0v) is 13.3. The Morgan fingerprint density at radius 3 is 2.76 bits per heavy atom. The lowest BCUT2D eigenvalue weighted by molar-refractivity contribution is -0.386. The van der Waals surface area contributed by atoms with Gasteiger partial charge in [0, 0.05) is 24.4 Å². The quantitative estimate of drug-likeness (QED) is 0.637. The van der Waals surface area contributed by atoms with Gasteiger partial charge in [-0.05, 0) is 50.2 Å². The van der Waals surface area contributed by atoms with Gasteiger partial charge in [0.05, 0.1) is 11.0 Å². The van der Waals surface area contributed by atoms with E-state index in [9.17, 15) is 10.1 Å². The van der Waals surface area contributed by atoms with Gasteiger partial charge in [0.2, 0.25) is 0 Å². The molecule has 0 unspecified atom stereocenters. The van der Waals surface area contributed by atoms with Crippen LogP contribution in [0.4, 0.5) is 11.4 Å². The van der Waals surface area contributed by atoms with Crippen LogP contribution in [0.3, 0.4) is 0 Å². The average Bonchev–Trinajstić information content (AvgIpc) is 2.45. The minimum atomic E-state index is -0.403. The van der Waals surface area contributed by atoms with Gasteiger partial charge in [0.1, 0.15) is 0 Å². The zero-order valence-electron chi connectivity index (χ0n) is 12.5. The molecule has 0 radical (unpaired) electrons. The second-order valence-electron chi connectivity index (χ2n) is 5.54. The molecule has 1 aliphatic heterocycles. The Balaban J connectivity index is 2.03. The van der Waals surface area contributed by atoms with Crippen LogP contribution in [0.2, 0.25) is 0 Å². The Kier molecular flexibility index (Phi) is 5.73. The molecular weight excluding hydrogens is 288 g/mol. The molecule has 5 nitrogen and oxygen atoms in total. The monoisotopic (exact) mass is 310 g/mol. The number of hydrogen-bond donors (Lipinski definition) is 1. The Morgan fingerprint density at radius 2 is 2.14 bits per heavy atom. The third-order valence-electron chi connectivity index (χ3n) is 3.45. The molecule has 116 valence electrons. The fraction of sp³-hybridized carbons (Fsp3) is 0.600. The molecule has 2 rings (SSSR count). The highest BCUT2D eigenvalue weighted by molar-refractivity contribution is 7.99. The summed E-state index contributed by atoms with van der Waals surface area (Å²) in [5, 5.41) is 14.4. The van der Waals surface area contributed by atoms with Crippen LogP contribution in [-0.4, -0.2) is 29.1 Å². The third-order valence-corrected chi connectivity index (χ3v) is 4.50. The largest absolute Gasteiger partial charge is 0.484 e. The molecule has 0 aliphatic carbocycles. The van der Waals surface area contributed by atoms with Crippen LogP contribution < -0.4 is 10.1 Å². The number of hydrogen-bond acceptors (Lipinski definition) is 5. The number of nitrogens with zero attached hydrogens (tertiary/aromatic N) is 1. The molecule has 1 aromatic rings. The van der Waals surface area contributed by atoms with Crippen LogP contribution >= 0.6 is 11.8 Å². The molecule has 0 saturated carbocycles. The molecule has 0 atom stereocenters. The number of benzene rings is 1. The molecule has 6 heteroatoms. The summed E-state index contributed by atoms with van der Waals surface area (Å²) in [6.07, 6.45) is 2.38. The molecule has 1 fully saturated rings. The SMILES string of the molecule is CC(C)Oc1cc(NCC2CCSCC2)ccc1[N+](=O)[O-]. The van der Waals surface area contributed by atoms with Crippen molar-refractivity contribution in [1.82, 2.24) is 0 Å². The van der Waals surface area contributed by atoms with E-state index in [4.69, 9.17) is 4.74 Å². The maximum atomic E-state index is 11.0. The number of nitro groups is 1. The summed E-state index contributed by atoms with van der Waals surface area (Å²) in [5.41, 5.74) is 0.901. The van der Waals surface area contributed by atoms with Crippen LogP contribution in [0.5, 0.6) is 5.75 Å². The van der Waals surface area contributed by atoms with E-state index in [-0.39, 0.29) is 11.8 Å². The van der Waals surface area contributed by atoms with Gasteiger partial charge in [-0.1, -0.05) is 0 Å². The van der Waals surface area contributed by atoms with E-state index < -0.39 is 4.92 Å². The van der Waals surface area contributed by atoms with Crippen molar-refractivity contribution in [3.63, 3.8) is 0 Å². The molecule has 1 aromatic carbocycles. The van der Waals surface area contributed by atoms with E-state index in [1.165, 1.54) is 30.4 Å². The molecule has 0 aromatic heterocycles. The molecule has 1 saturated heterocycles. The predicted octanol–water partition coefficient (Wildman–Crippen LogP) is 3.94. The number of anilines is 1. The highest BCUT2D eigenvalue weighted by atomic mass is 32.2. The second-order valence-corrected chi connectivity index (χ2v) is 6.77. The fourth-order valence-corrected chi connectivity index (χ4v) is 3.54. The maximum Gasteiger partial charge on any atom is 0.311 e. The van der Waals surface area contributed by atoms with E-state index in [1.807, 2.05) is 25.6 Å². The number of rotatable bonds is 6. The maximum absolute atomic E-state index is 11.0. The molecule has 1 aliphatic rings. The van der Waals surface area contributed by atoms with E-state index >= 15 is 0 Å². The van der Waals surface area contributed by atoms with Gasteiger partial charge >= 0.3 is 5.69 Å². The average molecular weight is 310 g/mol. The minimum Gasteiger partial charge on any atom is -0.484 e. The van der Waals surface area contributed by atoms with E-state index in [2.05, 4.69) is 5.32 Å². The lowest BCUT2D eigenvalue weighted by Gasteiger charge is -2.22. The number of nitrogens with one attached hydrogen (secondary N) is 1. The molecule has 1 heterocycles. The first-order valence-electron chi connectivity index (χ1n) is 7.33. The van der Waals surface area contributed by atoms with Crippen molar-refractivity contribution in [1.29, 1.82) is 0 Å². The van der Waals surface area contributed by atoms with Gasteiger partial charge < -0.3 is 10.1 Å². The third kappa shape index (κ3) is 4.81. The van der Waals surface area contributed by atoms with Crippen molar-refractivity contribution in [2.75, 3.05) is 23.4 Å². The van der Waals surface area contributed by atoms with Gasteiger partial charge in [-0.25, -0.2) is 0 Å². The summed E-state index contributed by atoms with van der Waals surface area (Å²) < 4.78 is 5.55. The molecular formula is C15H22N2O3S. The summed E-state index contributed by atoms with van der Waals surface area (Å²) >= 11 is 2.01. The summed E-state index contributed by atoms with van der Waals surface area (Å²) in [6, 6.07) is 5.00. The van der Waals surface area contributed by atoms with Crippen molar-refractivity contribution in [3.8, 4) is 5.75 Å². The number of thioether (sulfide) groups is 1. The Labute approximate surface area is 129 Å². The number of ether oxygens (including phenoxy) is 1. The lowest BCUT2D eigenvalue weighted by Crippen LogP contribution is -2.19. The van der Waals surface area contributed by atoms with Gasteiger partial charge in [-0.3, -0.25) is 10.1 Å². The smallest absolute Gasteiger partial charge is 0.311 e. The van der Waals surface area contributed by atoms with Crippen molar-refractivity contribution >= 4 is 23.1 Å². The lowest BCUT2D eigenvalue weighted by atomic mass is 10.0. The summed E-state index contributed by atoms with van der Waals surface area (Å²) in [5.74, 6) is 3.48. The van der Waals surface area contributed by atoms with E-state index in [0.717, 1.165) is 12.2 Å². The van der Waals surface area contributed by atoms with Gasteiger partial charge in [-0.2, -0.15) is 11.8 Å². The van der Waals surface area contributed by atoms with Crippen LogP contribution in [0, 0.1) is 16.0 Å². The first kappa shape index (κ1) is 15.9. The van der Waals surface area contributed by atoms with E-state index in [0.29, 0.717) is 11.7 Å². The van der Waals surface area contributed by atoms with Crippen molar-refractivity contribution in [2.45, 2.75) is 32.8 Å². The van der Waals surface area contributed by atoms with Crippen LogP contribution in [0.15, 0.2) is 18.2 Å². The fourth-order valence-electron chi connectivity index (χ4n) is 2.34. The molecule has 1 N–H and O–H groups in total. The Bertz CT molecular complexity index is 488.